The van der Waals surface area contributed by atoms with Gasteiger partial charge >= 0.3 is 5.97 Å². The van der Waals surface area contributed by atoms with Crippen LogP contribution in [0, 0.1) is 29.6 Å². The fourth-order valence-corrected chi connectivity index (χ4v) is 11.8. The van der Waals surface area contributed by atoms with E-state index in [1.54, 1.807) is 21.0 Å². The average Bonchev–Trinajstić information content (AvgIpc) is 3.36. The minimum Gasteiger partial charge on any atom is -0.456 e. The summed E-state index contributed by atoms with van der Waals surface area (Å²) in [5.41, 5.74) is 2.63. The minimum absolute atomic E-state index is 0.0311. The number of nitrogens with zero attached hydrogens (tertiary/aromatic N) is 1. The number of methoxy groups -OCH3 is 3. The molecule has 0 radical (unpaired) electrons. The van der Waals surface area contributed by atoms with Crippen LogP contribution in [0.4, 0.5) is 0 Å². The molecule has 3 aromatic carbocycles. The maximum Gasteiger partial charge on any atom is 0.329 e. The third kappa shape index (κ3) is 12.3. The Morgan fingerprint density at radius 2 is 1.49 bits per heavy atom. The van der Waals surface area contributed by atoms with E-state index in [0.29, 0.717) is 56.9 Å². The minimum atomic E-state index is -2.54. The normalized spacial score (nSPS) is 35.5. The zero-order chi connectivity index (χ0) is 51.1. The van der Waals surface area contributed by atoms with Crippen molar-refractivity contribution in [2.24, 2.45) is 29.6 Å². The molecule has 1 unspecified atom stereocenters. The van der Waals surface area contributed by atoms with Crippen molar-refractivity contribution in [1.29, 1.82) is 0 Å². The standard InChI is InChI=1S/C58H77NO12/c1-34-26-35(2)28-51(68-7)54-52(69-8)30-37(4)58(66,71-54)55(63)56(64)59-25-14-13-22-46(59)57(65)70-53(36(3)29-39-23-24-47(60)50(31-39)67-6)38(5)48(61)33-49(62)42(27-34)18-15-17-41-32-40-16-9-10-19-43(40)45-21-12-11-20-44(41)45/h9-12,15-17,19-21,27,29,32,35,37-39,42,46-48,50-54,60-61,66H,13-14,18,22-26,28,30-31,33H2,1-8H3/b17-15+,34-27+,36-29+/t35-,37+,38+,39-,42?,46-,47+,48-,50+,51-,52-,53+,54+,58+/m0/s1. The number of carbonyl (C=O) groups excluding carboxylic acids is 4. The lowest BCUT2D eigenvalue weighted by Crippen LogP contribution is -2.64. The van der Waals surface area contributed by atoms with Crippen molar-refractivity contribution in [2.75, 3.05) is 27.9 Å². The van der Waals surface area contributed by atoms with Crippen LogP contribution in [0.15, 0.2) is 84.0 Å². The number of cyclic esters (lactones) is 1. The van der Waals surface area contributed by atoms with Crippen LogP contribution in [-0.2, 0) is 42.9 Å². The lowest BCUT2D eigenvalue weighted by molar-refractivity contribution is -0.302. The molecule has 1 saturated carbocycles. The summed E-state index contributed by atoms with van der Waals surface area (Å²) in [6.45, 7) is 9.36. The van der Waals surface area contributed by atoms with Gasteiger partial charge in [0.25, 0.3) is 11.7 Å². The van der Waals surface area contributed by atoms with Crippen LogP contribution in [-0.4, -0.2) is 126 Å². The van der Waals surface area contributed by atoms with Crippen molar-refractivity contribution in [3.8, 4) is 0 Å². The number of allylic oxidation sites excluding steroid dienone is 4. The molecule has 3 N–H and O–H groups in total. The van der Waals surface area contributed by atoms with Gasteiger partial charge in [-0.1, -0.05) is 99.2 Å². The number of piperidine rings is 1. The molecule has 3 heterocycles. The van der Waals surface area contributed by atoms with E-state index in [1.807, 2.05) is 56.3 Å². The number of rotatable bonds is 8. The average molecular weight is 980 g/mol. The van der Waals surface area contributed by atoms with E-state index < -0.39 is 83.9 Å². The highest BCUT2D eigenvalue weighted by molar-refractivity contribution is 6.39. The highest BCUT2D eigenvalue weighted by Gasteiger charge is 2.56. The Morgan fingerprint density at radius 3 is 2.21 bits per heavy atom. The largest absolute Gasteiger partial charge is 0.456 e. The first kappa shape index (κ1) is 54.2. The fraction of sp³-hybridized carbons (Fsp3) is 0.586. The molecule has 1 amide bonds. The molecule has 14 atom stereocenters. The van der Waals surface area contributed by atoms with E-state index in [0.717, 1.165) is 32.7 Å². The van der Waals surface area contributed by atoms with E-state index in [2.05, 4.69) is 43.3 Å². The molecule has 13 nitrogen and oxygen atoms in total. The summed E-state index contributed by atoms with van der Waals surface area (Å²) in [4.78, 5) is 59.4. The smallest absolute Gasteiger partial charge is 0.329 e. The van der Waals surface area contributed by atoms with Gasteiger partial charge in [-0.2, -0.15) is 0 Å². The Hall–Kier alpha value is -4.60. The number of ether oxygens (including phenoxy) is 5. The van der Waals surface area contributed by atoms with Crippen LogP contribution in [0.3, 0.4) is 0 Å². The Morgan fingerprint density at radius 1 is 0.817 bits per heavy atom. The molecular formula is C58H77NO12. The monoisotopic (exact) mass is 980 g/mol. The summed E-state index contributed by atoms with van der Waals surface area (Å²) >= 11 is 0. The number of aliphatic hydroxyl groups is 3. The van der Waals surface area contributed by atoms with Crippen molar-refractivity contribution in [1.82, 2.24) is 4.90 Å². The number of benzene rings is 3. The van der Waals surface area contributed by atoms with Gasteiger partial charge in [-0.05, 0) is 129 Å². The molecule has 3 aromatic rings. The highest BCUT2D eigenvalue weighted by Crippen LogP contribution is 2.40. The van der Waals surface area contributed by atoms with Crippen LogP contribution in [0.5, 0.6) is 0 Å². The molecule has 2 bridgehead atoms. The van der Waals surface area contributed by atoms with Crippen molar-refractivity contribution < 1.29 is 58.2 Å². The predicted molar refractivity (Wildman–Crippen MR) is 273 cm³/mol. The molecule has 13 heteroatoms. The van der Waals surface area contributed by atoms with Crippen LogP contribution >= 0.6 is 0 Å². The summed E-state index contributed by atoms with van der Waals surface area (Å²) in [5.74, 6) is -7.99. The first-order valence-electron chi connectivity index (χ1n) is 25.8. The fourth-order valence-electron chi connectivity index (χ4n) is 11.8. The molecule has 3 aliphatic heterocycles. The summed E-state index contributed by atoms with van der Waals surface area (Å²) in [6, 6.07) is 17.6. The number of Topliss-reactive ketones (excluding diaryl/α,β-unsaturated/α-hetero) is 2. The van der Waals surface area contributed by atoms with Gasteiger partial charge < -0.3 is 43.9 Å². The molecule has 4 aliphatic rings. The van der Waals surface area contributed by atoms with Gasteiger partial charge in [0, 0.05) is 52.0 Å². The predicted octanol–water partition coefficient (Wildman–Crippen LogP) is 8.47. The summed E-state index contributed by atoms with van der Waals surface area (Å²) < 4.78 is 30.3. The maximum atomic E-state index is 14.7. The van der Waals surface area contributed by atoms with E-state index in [9.17, 15) is 34.5 Å². The zero-order valence-electron chi connectivity index (χ0n) is 43.0. The van der Waals surface area contributed by atoms with Gasteiger partial charge in [0.2, 0.25) is 5.79 Å². The van der Waals surface area contributed by atoms with Crippen molar-refractivity contribution >= 4 is 51.1 Å². The molecule has 3 fully saturated rings. The number of carbonyl (C=O) groups is 4. The van der Waals surface area contributed by atoms with E-state index in [-0.39, 0.29) is 49.5 Å². The lowest BCUT2D eigenvalue weighted by atomic mass is 9.81. The second-order valence-corrected chi connectivity index (χ2v) is 21.1. The Balaban J connectivity index is 1.26. The molecule has 1 aliphatic carbocycles. The molecule has 7 rings (SSSR count). The maximum absolute atomic E-state index is 14.7. The highest BCUT2D eigenvalue weighted by atomic mass is 16.7. The Kier molecular flexibility index (Phi) is 18.3. The van der Waals surface area contributed by atoms with Crippen LogP contribution in [0.25, 0.3) is 27.6 Å². The van der Waals surface area contributed by atoms with Crippen LogP contribution < -0.4 is 0 Å². The second kappa shape index (κ2) is 24.0. The first-order valence-corrected chi connectivity index (χ1v) is 25.8. The van der Waals surface area contributed by atoms with Gasteiger partial charge in [0.15, 0.2) is 0 Å². The van der Waals surface area contributed by atoms with Crippen LogP contribution in [0.2, 0.25) is 0 Å². The van der Waals surface area contributed by atoms with Crippen molar-refractivity contribution in [3.05, 3.63) is 89.5 Å². The summed E-state index contributed by atoms with van der Waals surface area (Å²) in [5, 5.41) is 39.5. The quantitative estimate of drug-likeness (QED) is 0.0851. The third-order valence-electron chi connectivity index (χ3n) is 15.9. The van der Waals surface area contributed by atoms with Crippen molar-refractivity contribution in [3.63, 3.8) is 0 Å². The number of hydrogen-bond donors (Lipinski definition) is 3. The molecular weight excluding hydrogens is 903 g/mol. The molecule has 2 saturated heterocycles. The zero-order valence-corrected chi connectivity index (χ0v) is 43.0. The first-order chi connectivity index (χ1) is 34.0. The Labute approximate surface area is 419 Å². The lowest BCUT2D eigenvalue weighted by Gasteiger charge is -2.47. The van der Waals surface area contributed by atoms with Gasteiger partial charge in [-0.25, -0.2) is 4.79 Å². The number of ketones is 2. The summed E-state index contributed by atoms with van der Waals surface area (Å²) in [7, 11) is 4.65. The van der Waals surface area contributed by atoms with Crippen LogP contribution in [0.1, 0.15) is 111 Å². The van der Waals surface area contributed by atoms with Gasteiger partial charge in [-0.15, -0.1) is 0 Å². The number of amides is 1. The molecule has 386 valence electrons. The van der Waals surface area contributed by atoms with E-state index in [1.165, 1.54) is 19.1 Å². The summed E-state index contributed by atoms with van der Waals surface area (Å²) in [6.07, 6.45) is 7.06. The van der Waals surface area contributed by atoms with Gasteiger partial charge in [-0.3, -0.25) is 14.4 Å². The molecule has 71 heavy (non-hydrogen) atoms. The van der Waals surface area contributed by atoms with Gasteiger partial charge in [0.05, 0.1) is 30.5 Å². The van der Waals surface area contributed by atoms with Gasteiger partial charge in [0.1, 0.15) is 24.0 Å². The SMILES string of the molecule is CO[C@H]1C[C@@H](C)C/C(C)=C/C(C/C=C/c2cc3ccccc3c3ccccc23)C(=O)C[C@H](O)[C@@H](C)[C@@H](/C(C)=C/[C@@H]2CC[C@@H](O)[C@H](OC)C2)OC(=O)[C@@H]2CCCCN2C(=O)C(=O)[C@]2(O)O[C@H]1[C@@H](OC)C[C@H]2C. The third-order valence-corrected chi connectivity index (χ3v) is 15.9. The Bertz CT molecular complexity index is 2460. The second-order valence-electron chi connectivity index (χ2n) is 21.1. The topological polar surface area (TPSA) is 178 Å². The number of hydrogen-bond acceptors (Lipinski definition) is 12. The number of esters is 1. The van der Waals surface area contributed by atoms with Crippen molar-refractivity contribution in [2.45, 2.75) is 160 Å². The number of aliphatic hydroxyl groups excluding tert-OH is 2. The molecule has 0 aromatic heterocycles. The van der Waals surface area contributed by atoms with E-state index in [4.69, 9.17) is 23.7 Å². The number of fused-ring (bicyclic) bond motifs is 6. The van der Waals surface area contributed by atoms with E-state index >= 15 is 0 Å². The molecule has 0 spiro atoms.